The van der Waals surface area contributed by atoms with Crippen molar-refractivity contribution in [1.82, 2.24) is 5.48 Å². The first-order chi connectivity index (χ1) is 7.67. The van der Waals surface area contributed by atoms with Gasteiger partial charge in [0.25, 0.3) is 0 Å². The van der Waals surface area contributed by atoms with E-state index in [4.69, 9.17) is 9.84 Å². The molecule has 2 N–H and O–H groups in total. The maximum Gasteiger partial charge on any atom is 0.323 e. The minimum absolute atomic E-state index is 0.354. The number of benzene rings is 1. The van der Waals surface area contributed by atoms with Crippen LogP contribution in [0.1, 0.15) is 5.56 Å². The summed E-state index contributed by atoms with van der Waals surface area (Å²) in [5, 5.41) is 8.90. The molecule has 0 aliphatic carbocycles. The summed E-state index contributed by atoms with van der Waals surface area (Å²) in [5.41, 5.74) is 3.33. The fourth-order valence-electron chi connectivity index (χ4n) is 1.32. The second kappa shape index (κ2) is 6.09. The van der Waals surface area contributed by atoms with Crippen LogP contribution in [0.4, 0.5) is 0 Å². The van der Waals surface area contributed by atoms with E-state index < -0.39 is 12.0 Å². The van der Waals surface area contributed by atoms with Crippen molar-refractivity contribution in [2.45, 2.75) is 12.5 Å². The Labute approximate surface area is 93.9 Å². The van der Waals surface area contributed by atoms with Crippen LogP contribution < -0.4 is 10.2 Å². The van der Waals surface area contributed by atoms with E-state index in [-0.39, 0.29) is 0 Å². The Morgan fingerprint density at radius 2 is 2.00 bits per heavy atom. The van der Waals surface area contributed by atoms with Crippen LogP contribution in [0.25, 0.3) is 0 Å². The topological polar surface area (TPSA) is 67.8 Å². The molecule has 0 unspecified atom stereocenters. The van der Waals surface area contributed by atoms with Gasteiger partial charge < -0.3 is 14.7 Å². The van der Waals surface area contributed by atoms with Crippen LogP contribution in [0, 0.1) is 0 Å². The number of carboxylic acids is 1. The van der Waals surface area contributed by atoms with Crippen molar-refractivity contribution < 1.29 is 19.5 Å². The molecule has 1 aromatic carbocycles. The van der Waals surface area contributed by atoms with Gasteiger partial charge in [-0.3, -0.25) is 4.79 Å². The van der Waals surface area contributed by atoms with Gasteiger partial charge in [-0.05, 0) is 17.7 Å². The average Bonchev–Trinajstić information content (AvgIpc) is 2.29. The number of hydroxylamine groups is 1. The number of hydrogen-bond donors (Lipinski definition) is 2. The fraction of sp³-hybridized carbons (Fsp3) is 0.364. The number of rotatable bonds is 6. The van der Waals surface area contributed by atoms with Crippen molar-refractivity contribution in [3.63, 3.8) is 0 Å². The second-order valence-corrected chi connectivity index (χ2v) is 3.26. The molecule has 0 saturated carbocycles. The van der Waals surface area contributed by atoms with E-state index in [0.717, 1.165) is 11.3 Å². The highest BCUT2D eigenvalue weighted by atomic mass is 16.6. The molecule has 16 heavy (non-hydrogen) atoms. The van der Waals surface area contributed by atoms with Gasteiger partial charge >= 0.3 is 5.97 Å². The molecule has 1 rings (SSSR count). The molecular formula is C11H15NO4. The summed E-state index contributed by atoms with van der Waals surface area (Å²) in [6.07, 6.45) is 0.354. The molecule has 1 atom stereocenters. The molecule has 0 aromatic heterocycles. The van der Waals surface area contributed by atoms with Gasteiger partial charge in [0.1, 0.15) is 11.8 Å². The highest BCUT2D eigenvalue weighted by Crippen LogP contribution is 2.12. The quantitative estimate of drug-likeness (QED) is 0.702. The summed E-state index contributed by atoms with van der Waals surface area (Å²) in [5.74, 6) is -0.201. The van der Waals surface area contributed by atoms with Crippen LogP contribution in [0.2, 0.25) is 0 Å². The van der Waals surface area contributed by atoms with Gasteiger partial charge in [-0.15, -0.1) is 0 Å². The molecule has 0 aliphatic rings. The van der Waals surface area contributed by atoms with Gasteiger partial charge in [0.15, 0.2) is 0 Å². The molecule has 0 saturated heterocycles. The number of carboxylic acid groups (broad SMARTS) is 1. The van der Waals surface area contributed by atoms with Crippen molar-refractivity contribution >= 4 is 5.97 Å². The zero-order valence-corrected chi connectivity index (χ0v) is 9.27. The molecule has 0 spiro atoms. The van der Waals surface area contributed by atoms with Gasteiger partial charge in [-0.2, -0.15) is 5.48 Å². The van der Waals surface area contributed by atoms with Crippen molar-refractivity contribution in [2.75, 3.05) is 14.2 Å². The van der Waals surface area contributed by atoms with Crippen molar-refractivity contribution in [1.29, 1.82) is 0 Å². The Hall–Kier alpha value is -1.59. The normalized spacial score (nSPS) is 12.1. The monoisotopic (exact) mass is 225 g/mol. The molecule has 5 heteroatoms. The van der Waals surface area contributed by atoms with E-state index in [1.807, 2.05) is 12.1 Å². The largest absolute Gasteiger partial charge is 0.497 e. The van der Waals surface area contributed by atoms with Crippen molar-refractivity contribution in [3.05, 3.63) is 29.8 Å². The van der Waals surface area contributed by atoms with Gasteiger partial charge in [-0.1, -0.05) is 12.1 Å². The third-order valence-electron chi connectivity index (χ3n) is 2.16. The van der Waals surface area contributed by atoms with Crippen molar-refractivity contribution in [2.24, 2.45) is 0 Å². The van der Waals surface area contributed by atoms with E-state index in [1.54, 1.807) is 19.2 Å². The number of hydrogen-bond acceptors (Lipinski definition) is 4. The van der Waals surface area contributed by atoms with Crippen molar-refractivity contribution in [3.8, 4) is 5.75 Å². The number of nitrogens with one attached hydrogen (secondary N) is 1. The maximum absolute atomic E-state index is 10.8. The van der Waals surface area contributed by atoms with E-state index in [0.29, 0.717) is 6.42 Å². The summed E-state index contributed by atoms with van der Waals surface area (Å²) >= 11 is 0. The van der Waals surface area contributed by atoms with Gasteiger partial charge in [-0.25, -0.2) is 0 Å². The number of aliphatic carboxylic acids is 1. The van der Waals surface area contributed by atoms with Crippen LogP contribution in [0.3, 0.4) is 0 Å². The predicted octanol–water partition coefficient (Wildman–Crippen LogP) is 0.842. The van der Waals surface area contributed by atoms with Crippen LogP contribution in [-0.4, -0.2) is 31.3 Å². The highest BCUT2D eigenvalue weighted by Gasteiger charge is 2.17. The van der Waals surface area contributed by atoms with Gasteiger partial charge in [0, 0.05) is 6.42 Å². The lowest BCUT2D eigenvalue weighted by Gasteiger charge is -2.12. The minimum atomic E-state index is -0.947. The Balaban J connectivity index is 2.65. The van der Waals surface area contributed by atoms with Gasteiger partial charge in [0.2, 0.25) is 0 Å². The van der Waals surface area contributed by atoms with Crippen LogP contribution in [0.15, 0.2) is 24.3 Å². The molecule has 1 aromatic rings. The standard InChI is InChI=1S/C11H15NO4/c1-15-9-5-3-8(4-6-9)7-10(11(13)14)12-16-2/h3-6,10,12H,7H2,1-2H3,(H,13,14)/t10-/m0/s1. The summed E-state index contributed by atoms with van der Waals surface area (Å²) in [4.78, 5) is 15.5. The van der Waals surface area contributed by atoms with E-state index in [9.17, 15) is 4.79 Å². The zero-order valence-electron chi connectivity index (χ0n) is 9.27. The molecule has 0 bridgehead atoms. The Morgan fingerprint density at radius 3 is 2.44 bits per heavy atom. The smallest absolute Gasteiger partial charge is 0.323 e. The Kier molecular flexibility index (Phi) is 4.75. The molecule has 0 fully saturated rings. The highest BCUT2D eigenvalue weighted by molar-refractivity contribution is 5.73. The third-order valence-corrected chi connectivity index (χ3v) is 2.16. The second-order valence-electron chi connectivity index (χ2n) is 3.26. The molecule has 5 nitrogen and oxygen atoms in total. The summed E-state index contributed by atoms with van der Waals surface area (Å²) in [6.45, 7) is 0. The Morgan fingerprint density at radius 1 is 1.38 bits per heavy atom. The lowest BCUT2D eigenvalue weighted by Crippen LogP contribution is -2.37. The number of ether oxygens (including phenoxy) is 1. The molecule has 0 radical (unpaired) electrons. The maximum atomic E-state index is 10.8. The van der Waals surface area contributed by atoms with E-state index in [2.05, 4.69) is 10.3 Å². The number of methoxy groups -OCH3 is 1. The van der Waals surface area contributed by atoms with Crippen LogP contribution >= 0.6 is 0 Å². The first-order valence-corrected chi connectivity index (χ1v) is 4.81. The summed E-state index contributed by atoms with van der Waals surface area (Å²) in [7, 11) is 2.98. The predicted molar refractivity (Wildman–Crippen MR) is 58.3 cm³/mol. The fourth-order valence-corrected chi connectivity index (χ4v) is 1.32. The van der Waals surface area contributed by atoms with E-state index in [1.165, 1.54) is 7.11 Å². The van der Waals surface area contributed by atoms with Crippen LogP contribution in [-0.2, 0) is 16.1 Å². The van der Waals surface area contributed by atoms with Gasteiger partial charge in [0.05, 0.1) is 14.2 Å². The number of carbonyl (C=O) groups is 1. The van der Waals surface area contributed by atoms with Crippen LogP contribution in [0.5, 0.6) is 5.75 Å². The lowest BCUT2D eigenvalue weighted by molar-refractivity contribution is -0.143. The molecule has 0 heterocycles. The first kappa shape index (κ1) is 12.5. The molecular weight excluding hydrogens is 210 g/mol. The zero-order chi connectivity index (χ0) is 12.0. The summed E-state index contributed by atoms with van der Waals surface area (Å²) in [6, 6.07) is 6.48. The SMILES string of the molecule is CON[C@@H](Cc1ccc(OC)cc1)C(=O)O. The Bertz CT molecular complexity index is 336. The summed E-state index contributed by atoms with van der Waals surface area (Å²) < 4.78 is 5.01. The minimum Gasteiger partial charge on any atom is -0.497 e. The molecule has 0 amide bonds. The molecule has 0 aliphatic heterocycles. The third kappa shape index (κ3) is 3.52. The van der Waals surface area contributed by atoms with E-state index >= 15 is 0 Å². The molecule has 88 valence electrons. The first-order valence-electron chi connectivity index (χ1n) is 4.81. The lowest BCUT2D eigenvalue weighted by atomic mass is 10.1. The average molecular weight is 225 g/mol.